The molecule has 17 heteroatoms. The molecule has 3 aliphatic rings. The number of carbonyl (C=O) groups excluding carboxylic acids is 3. The first kappa shape index (κ1) is 51.3. The summed E-state index contributed by atoms with van der Waals surface area (Å²) < 4.78 is 48.9. The number of aliphatic hydroxyl groups excluding tert-OH is 2. The summed E-state index contributed by atoms with van der Waals surface area (Å²) in [6, 6.07) is -1.00. The van der Waals surface area contributed by atoms with Gasteiger partial charge < -0.3 is 68.1 Å². The number of methoxy groups -OCH3 is 1. The van der Waals surface area contributed by atoms with E-state index in [4.69, 9.17) is 37.9 Å². The molecular formula is C42H76N2O15. The third kappa shape index (κ3) is 12.8. The van der Waals surface area contributed by atoms with Crippen LogP contribution in [0.15, 0.2) is 0 Å². The summed E-state index contributed by atoms with van der Waals surface area (Å²) in [6.07, 6.45) is -10.5. The SMILES string of the molecule is CC[C@H]1OC(=O)[C@H](C)[C@@H](O[C@H]2C[C@@](C)(OC)[C@@H](O)[C@H](C)O2)C[C@@H](O[C@@H]2O[C@H](C)C[C@H](N(C)C)[C@H]2OC(=O)C(C)OC(C)=O)[C@](C)(O)C[C@@H](C)CN(C)[C@H](C)[C@@H](O)[C@]1(C)O. The smallest absolute Gasteiger partial charge is 0.347 e. The van der Waals surface area contributed by atoms with Gasteiger partial charge in [0.25, 0.3) is 0 Å². The minimum Gasteiger partial charge on any atom is -0.459 e. The molecule has 3 saturated heterocycles. The van der Waals surface area contributed by atoms with Crippen molar-refractivity contribution in [1.29, 1.82) is 0 Å². The summed E-state index contributed by atoms with van der Waals surface area (Å²) in [7, 11) is 6.96. The average Bonchev–Trinajstić information content (AvgIpc) is 3.13. The van der Waals surface area contributed by atoms with E-state index >= 15 is 0 Å². The molecule has 18 atom stereocenters. The van der Waals surface area contributed by atoms with Gasteiger partial charge in [-0.3, -0.25) is 9.59 Å². The molecule has 17 nitrogen and oxygen atoms in total. The molecule has 0 aromatic heterocycles. The topological polar surface area (TPSA) is 212 Å². The van der Waals surface area contributed by atoms with Crippen LogP contribution in [-0.2, 0) is 52.3 Å². The molecule has 1 unspecified atom stereocenters. The van der Waals surface area contributed by atoms with Crippen molar-refractivity contribution in [3.05, 3.63) is 0 Å². The van der Waals surface area contributed by atoms with Crippen molar-refractivity contribution in [3.8, 4) is 0 Å². The van der Waals surface area contributed by atoms with Gasteiger partial charge in [0.15, 0.2) is 24.8 Å². The van der Waals surface area contributed by atoms with E-state index in [1.54, 1.807) is 41.5 Å². The zero-order chi connectivity index (χ0) is 44.9. The molecule has 3 rings (SSSR count). The lowest BCUT2D eigenvalue weighted by atomic mass is 9.83. The lowest BCUT2D eigenvalue weighted by Gasteiger charge is -2.47. The zero-order valence-electron chi connectivity index (χ0n) is 38.1. The number of carbonyl (C=O) groups is 3. The van der Waals surface area contributed by atoms with E-state index < -0.39 is 114 Å². The lowest BCUT2D eigenvalue weighted by molar-refractivity contribution is -0.309. The number of ether oxygens (including phenoxy) is 8. The number of hydrogen-bond acceptors (Lipinski definition) is 17. The summed E-state index contributed by atoms with van der Waals surface area (Å²) in [5.41, 5.74) is -4.56. The molecule has 344 valence electrons. The Balaban J connectivity index is 2.19. The van der Waals surface area contributed by atoms with E-state index in [2.05, 4.69) is 0 Å². The van der Waals surface area contributed by atoms with Crippen LogP contribution in [0.1, 0.15) is 108 Å². The summed E-state index contributed by atoms with van der Waals surface area (Å²) in [4.78, 5) is 43.1. The Morgan fingerprint density at radius 3 is 2.17 bits per heavy atom. The van der Waals surface area contributed by atoms with Crippen LogP contribution in [0.2, 0.25) is 0 Å². The largest absolute Gasteiger partial charge is 0.459 e. The standard InChI is InChI=1S/C42H76N2O15/c1-16-31-42(11,51)35(46)25(5)44(14)21-22(2)19-40(9,50)32(18-30(24(4)37(48)57-31)56-33-20-41(10,52-15)36(47)26(6)55-33)58-39-34(29(43(12)13)17-23(3)53-39)59-38(49)27(7)54-28(8)45/h22-27,29-36,39,46-47,50-51H,16-21H2,1-15H3/t22-,23-,24-,25-,26+,27?,29+,30+,31-,32-,33+,34-,35-,36+,39+,40-,41-,42-/m1/s1. The van der Waals surface area contributed by atoms with Crippen LogP contribution in [0.3, 0.4) is 0 Å². The van der Waals surface area contributed by atoms with Crippen LogP contribution >= 0.6 is 0 Å². The van der Waals surface area contributed by atoms with E-state index in [0.717, 1.165) is 0 Å². The van der Waals surface area contributed by atoms with Crippen molar-refractivity contribution in [3.63, 3.8) is 0 Å². The molecule has 3 heterocycles. The minimum absolute atomic E-state index is 0.0846. The van der Waals surface area contributed by atoms with Crippen molar-refractivity contribution in [2.75, 3.05) is 34.8 Å². The van der Waals surface area contributed by atoms with E-state index in [1.807, 2.05) is 44.8 Å². The Morgan fingerprint density at radius 2 is 1.61 bits per heavy atom. The molecule has 0 amide bonds. The number of aliphatic hydroxyl groups is 4. The van der Waals surface area contributed by atoms with Crippen LogP contribution in [0.5, 0.6) is 0 Å². The Bertz CT molecular complexity index is 1380. The normalized spacial score (nSPS) is 44.2. The highest BCUT2D eigenvalue weighted by Gasteiger charge is 2.51. The highest BCUT2D eigenvalue weighted by atomic mass is 16.7. The number of cyclic esters (lactones) is 1. The minimum atomic E-state index is -1.84. The van der Waals surface area contributed by atoms with Gasteiger partial charge in [-0.25, -0.2) is 4.79 Å². The maximum atomic E-state index is 14.3. The van der Waals surface area contributed by atoms with Crippen molar-refractivity contribution in [2.24, 2.45) is 11.8 Å². The number of likely N-dealkylation sites (N-methyl/N-ethyl adjacent to an activating group) is 2. The molecule has 0 aliphatic carbocycles. The predicted molar refractivity (Wildman–Crippen MR) is 215 cm³/mol. The van der Waals surface area contributed by atoms with E-state index in [9.17, 15) is 34.8 Å². The highest BCUT2D eigenvalue weighted by molar-refractivity contribution is 5.78. The quantitative estimate of drug-likeness (QED) is 0.183. The fourth-order valence-corrected chi connectivity index (χ4v) is 8.78. The monoisotopic (exact) mass is 849 g/mol. The van der Waals surface area contributed by atoms with Gasteiger partial charge in [0.2, 0.25) is 0 Å². The van der Waals surface area contributed by atoms with E-state index in [0.29, 0.717) is 13.0 Å². The molecular weight excluding hydrogens is 772 g/mol. The first-order valence-electron chi connectivity index (χ1n) is 21.1. The molecule has 0 saturated carbocycles. The molecule has 3 fully saturated rings. The van der Waals surface area contributed by atoms with Gasteiger partial charge in [0, 0.05) is 39.5 Å². The second-order valence-electron chi connectivity index (χ2n) is 18.3. The van der Waals surface area contributed by atoms with Gasteiger partial charge in [-0.2, -0.15) is 0 Å². The zero-order valence-corrected chi connectivity index (χ0v) is 38.1. The molecule has 0 aromatic carbocycles. The number of rotatable bonds is 10. The Kier molecular flexibility index (Phi) is 18.2. The fraction of sp³-hybridized carbons (Fsp3) is 0.929. The second-order valence-corrected chi connectivity index (χ2v) is 18.3. The number of hydrogen-bond donors (Lipinski definition) is 4. The van der Waals surface area contributed by atoms with Crippen LogP contribution in [0, 0.1) is 11.8 Å². The fourth-order valence-electron chi connectivity index (χ4n) is 8.78. The molecule has 0 radical (unpaired) electrons. The molecule has 59 heavy (non-hydrogen) atoms. The molecule has 0 spiro atoms. The molecule has 0 bridgehead atoms. The van der Waals surface area contributed by atoms with Gasteiger partial charge in [-0.05, 0) is 102 Å². The molecule has 0 aromatic rings. The number of nitrogens with zero attached hydrogens (tertiary/aromatic N) is 2. The third-order valence-electron chi connectivity index (χ3n) is 12.7. The first-order valence-corrected chi connectivity index (χ1v) is 21.1. The van der Waals surface area contributed by atoms with Crippen molar-refractivity contribution in [2.45, 2.75) is 205 Å². The lowest BCUT2D eigenvalue weighted by Crippen LogP contribution is -2.59. The van der Waals surface area contributed by atoms with Crippen LogP contribution in [-0.4, -0.2) is 179 Å². The van der Waals surface area contributed by atoms with Gasteiger partial charge >= 0.3 is 17.9 Å². The maximum Gasteiger partial charge on any atom is 0.347 e. The van der Waals surface area contributed by atoms with Crippen molar-refractivity contribution in [1.82, 2.24) is 9.80 Å². The third-order valence-corrected chi connectivity index (χ3v) is 12.7. The maximum absolute atomic E-state index is 14.3. The Hall–Kier alpha value is -2.03. The molecule has 3 aliphatic heterocycles. The van der Waals surface area contributed by atoms with Crippen LogP contribution in [0.25, 0.3) is 0 Å². The predicted octanol–water partition coefficient (Wildman–Crippen LogP) is 2.16. The van der Waals surface area contributed by atoms with Gasteiger partial charge in [-0.1, -0.05) is 13.8 Å². The summed E-state index contributed by atoms with van der Waals surface area (Å²) >= 11 is 0. The van der Waals surface area contributed by atoms with E-state index in [1.165, 1.54) is 27.9 Å². The number of esters is 3. The summed E-state index contributed by atoms with van der Waals surface area (Å²) in [5, 5.41) is 46.9. The van der Waals surface area contributed by atoms with Crippen molar-refractivity contribution < 1.29 is 72.7 Å². The highest BCUT2D eigenvalue weighted by Crippen LogP contribution is 2.38. The second kappa shape index (κ2) is 20.9. The van der Waals surface area contributed by atoms with Crippen LogP contribution in [0.4, 0.5) is 0 Å². The summed E-state index contributed by atoms with van der Waals surface area (Å²) in [5.74, 6) is -3.49. The summed E-state index contributed by atoms with van der Waals surface area (Å²) in [6.45, 7) is 18.4. The van der Waals surface area contributed by atoms with Crippen molar-refractivity contribution >= 4 is 17.9 Å². The first-order chi connectivity index (χ1) is 27.2. The Labute approximate surface area is 351 Å². The Morgan fingerprint density at radius 1 is 0.983 bits per heavy atom. The van der Waals surface area contributed by atoms with Crippen LogP contribution < -0.4 is 0 Å². The molecule has 4 N–H and O–H groups in total. The van der Waals surface area contributed by atoms with Gasteiger partial charge in [0.05, 0.1) is 47.6 Å². The van der Waals surface area contributed by atoms with Gasteiger partial charge in [-0.15, -0.1) is 0 Å². The van der Waals surface area contributed by atoms with Gasteiger partial charge in [0.1, 0.15) is 23.9 Å². The van der Waals surface area contributed by atoms with E-state index in [-0.39, 0.29) is 37.7 Å². The average molecular weight is 849 g/mol.